The number of benzene rings is 1. The van der Waals surface area contributed by atoms with Gasteiger partial charge in [-0.2, -0.15) is 0 Å². The van der Waals surface area contributed by atoms with Gasteiger partial charge in [-0.1, -0.05) is 88.0 Å². The third-order valence-corrected chi connectivity index (χ3v) is 7.69. The first-order chi connectivity index (χ1) is 7.63. The fourth-order valence-electron chi connectivity index (χ4n) is 2.36. The molecule has 4 rings (SSSR count). The highest BCUT2D eigenvalue weighted by atomic mass is 79.9. The van der Waals surface area contributed by atoms with E-state index in [1.165, 1.54) is 29.1 Å². The number of rotatable bonds is 0. The predicted molar refractivity (Wildman–Crippen MR) is 81.7 cm³/mol. The van der Waals surface area contributed by atoms with Crippen LogP contribution in [0.25, 0.3) is 0 Å². The van der Waals surface area contributed by atoms with Crippen molar-refractivity contribution in [2.75, 3.05) is 0 Å². The molecular weight excluding hydrogens is 464 g/mol. The molecule has 0 aromatic heterocycles. The van der Waals surface area contributed by atoms with Gasteiger partial charge in [0.05, 0.1) is 0 Å². The fraction of sp³-hybridized carbons (Fsp3) is 0.167. The fourth-order valence-corrected chi connectivity index (χ4v) is 5.79. The lowest BCUT2D eigenvalue weighted by molar-refractivity contribution is 0.844. The molecule has 0 unspecified atom stereocenters. The number of hydrogen-bond donors (Lipinski definition) is 0. The summed E-state index contributed by atoms with van der Waals surface area (Å²) in [4.78, 5) is 0. The lowest BCUT2D eigenvalue weighted by atomic mass is 9.76. The molecule has 0 fully saturated rings. The SMILES string of the molecule is BrC1=C(Br)C2C(Br)=C(Br)C1c1ccccc12. The van der Waals surface area contributed by atoms with E-state index >= 15 is 0 Å². The molecule has 3 aliphatic carbocycles. The molecule has 16 heavy (non-hydrogen) atoms. The topological polar surface area (TPSA) is 0 Å². The molecule has 0 nitrogen and oxygen atoms in total. The Morgan fingerprint density at radius 1 is 0.625 bits per heavy atom. The Morgan fingerprint density at radius 3 is 1.25 bits per heavy atom. The van der Waals surface area contributed by atoms with Gasteiger partial charge in [-0.25, -0.2) is 0 Å². The van der Waals surface area contributed by atoms with Crippen molar-refractivity contribution < 1.29 is 0 Å². The Hall–Kier alpha value is 0.620. The van der Waals surface area contributed by atoms with Crippen LogP contribution in [0.1, 0.15) is 23.0 Å². The van der Waals surface area contributed by atoms with Gasteiger partial charge in [0.15, 0.2) is 0 Å². The Kier molecular flexibility index (Phi) is 2.98. The summed E-state index contributed by atoms with van der Waals surface area (Å²) in [6.07, 6.45) is 0. The van der Waals surface area contributed by atoms with Gasteiger partial charge >= 0.3 is 0 Å². The number of allylic oxidation sites excluding steroid dienone is 4. The molecule has 0 spiro atoms. The van der Waals surface area contributed by atoms with E-state index < -0.39 is 0 Å². The van der Waals surface area contributed by atoms with Gasteiger partial charge < -0.3 is 0 Å². The molecule has 2 bridgehead atoms. The van der Waals surface area contributed by atoms with E-state index in [4.69, 9.17) is 0 Å². The second kappa shape index (κ2) is 4.08. The molecule has 4 heteroatoms. The smallest absolute Gasteiger partial charge is 0.0491 e. The van der Waals surface area contributed by atoms with Crippen LogP contribution >= 0.6 is 63.7 Å². The van der Waals surface area contributed by atoms with Crippen LogP contribution in [0.4, 0.5) is 0 Å². The van der Waals surface area contributed by atoms with E-state index in [0.29, 0.717) is 11.8 Å². The molecule has 1 aromatic rings. The van der Waals surface area contributed by atoms with Crippen molar-refractivity contribution in [2.24, 2.45) is 0 Å². The van der Waals surface area contributed by atoms with Crippen molar-refractivity contribution in [2.45, 2.75) is 11.8 Å². The zero-order valence-corrected chi connectivity index (χ0v) is 14.3. The van der Waals surface area contributed by atoms with Gasteiger partial charge in [-0.05, 0) is 11.1 Å². The van der Waals surface area contributed by atoms with Gasteiger partial charge in [-0.3, -0.25) is 0 Å². The first kappa shape index (κ1) is 11.7. The van der Waals surface area contributed by atoms with E-state index in [0.717, 1.165) is 0 Å². The highest BCUT2D eigenvalue weighted by Gasteiger charge is 2.41. The summed E-state index contributed by atoms with van der Waals surface area (Å²) >= 11 is 14.8. The molecular formula is C12H6Br4. The van der Waals surface area contributed by atoms with Gasteiger partial charge in [0.2, 0.25) is 0 Å². The van der Waals surface area contributed by atoms with Gasteiger partial charge in [0, 0.05) is 29.8 Å². The summed E-state index contributed by atoms with van der Waals surface area (Å²) in [6.45, 7) is 0. The van der Waals surface area contributed by atoms with Crippen LogP contribution in [-0.2, 0) is 0 Å². The van der Waals surface area contributed by atoms with Crippen LogP contribution in [0, 0.1) is 0 Å². The predicted octanol–water partition coefficient (Wildman–Crippen LogP) is 5.88. The van der Waals surface area contributed by atoms with Crippen LogP contribution in [0.2, 0.25) is 0 Å². The first-order valence-electron chi connectivity index (χ1n) is 4.82. The van der Waals surface area contributed by atoms with E-state index in [9.17, 15) is 0 Å². The monoisotopic (exact) mass is 466 g/mol. The molecule has 0 heterocycles. The van der Waals surface area contributed by atoms with Gasteiger partial charge in [0.1, 0.15) is 0 Å². The van der Waals surface area contributed by atoms with E-state index in [-0.39, 0.29) is 0 Å². The molecule has 0 saturated carbocycles. The van der Waals surface area contributed by atoms with Crippen LogP contribution in [0.15, 0.2) is 42.2 Å². The second-order valence-electron chi connectivity index (χ2n) is 3.89. The quantitative estimate of drug-likeness (QED) is 0.445. The van der Waals surface area contributed by atoms with Crippen molar-refractivity contribution >= 4 is 63.7 Å². The largest absolute Gasteiger partial charge is 0.0619 e. The van der Waals surface area contributed by atoms with Crippen molar-refractivity contribution in [1.82, 2.24) is 0 Å². The molecule has 0 saturated heterocycles. The molecule has 0 aliphatic heterocycles. The third kappa shape index (κ3) is 1.43. The molecule has 0 radical (unpaired) electrons. The summed E-state index contributed by atoms with van der Waals surface area (Å²) in [5.41, 5.74) is 2.77. The zero-order chi connectivity index (χ0) is 11.4. The number of hydrogen-bond acceptors (Lipinski definition) is 0. The maximum absolute atomic E-state index is 3.70. The number of halogens is 4. The van der Waals surface area contributed by atoms with Gasteiger partial charge in [0.25, 0.3) is 0 Å². The third-order valence-electron chi connectivity index (χ3n) is 3.09. The Morgan fingerprint density at radius 2 is 0.938 bits per heavy atom. The summed E-state index contributed by atoms with van der Waals surface area (Å²) in [6, 6.07) is 8.60. The molecule has 0 amide bonds. The van der Waals surface area contributed by atoms with Crippen molar-refractivity contribution in [3.05, 3.63) is 53.3 Å². The minimum Gasteiger partial charge on any atom is -0.0619 e. The second-order valence-corrected chi connectivity index (χ2v) is 7.30. The van der Waals surface area contributed by atoms with E-state index in [2.05, 4.69) is 88.0 Å². The lowest BCUT2D eigenvalue weighted by Crippen LogP contribution is -2.21. The maximum atomic E-state index is 3.70. The summed E-state index contributed by atoms with van der Waals surface area (Å²) in [5.74, 6) is 0.592. The average Bonchev–Trinajstić information content (AvgIpc) is 2.28. The lowest BCUT2D eigenvalue weighted by Gasteiger charge is -2.38. The van der Waals surface area contributed by atoms with Crippen molar-refractivity contribution in [1.29, 1.82) is 0 Å². The highest BCUT2D eigenvalue weighted by Crippen LogP contribution is 2.61. The standard InChI is InChI=1S/C12H6Br4/c13-9-7-5-3-1-2-4-6(5)8(11(9)15)12(16)10(7)14/h1-4,7-8H. The summed E-state index contributed by atoms with van der Waals surface area (Å²) in [7, 11) is 0. The van der Waals surface area contributed by atoms with Crippen molar-refractivity contribution in [3.8, 4) is 0 Å². The minimum absolute atomic E-state index is 0.296. The van der Waals surface area contributed by atoms with E-state index in [1.54, 1.807) is 0 Å². The van der Waals surface area contributed by atoms with E-state index in [1.807, 2.05) is 0 Å². The summed E-state index contributed by atoms with van der Waals surface area (Å²) in [5, 5.41) is 0. The molecule has 0 N–H and O–H groups in total. The zero-order valence-electron chi connectivity index (χ0n) is 7.98. The highest BCUT2D eigenvalue weighted by molar-refractivity contribution is 9.15. The minimum atomic E-state index is 0.296. The maximum Gasteiger partial charge on any atom is 0.0491 e. The Balaban J connectivity index is 2.33. The summed E-state index contributed by atoms with van der Waals surface area (Å²) < 4.78 is 4.91. The Bertz CT molecular complexity index is 469. The molecule has 0 atom stereocenters. The van der Waals surface area contributed by atoms with Crippen LogP contribution < -0.4 is 0 Å². The van der Waals surface area contributed by atoms with Crippen LogP contribution in [-0.4, -0.2) is 0 Å². The molecule has 82 valence electrons. The van der Waals surface area contributed by atoms with Crippen LogP contribution in [0.5, 0.6) is 0 Å². The average molecular weight is 470 g/mol. The Labute approximate surface area is 128 Å². The normalized spacial score (nSPS) is 27.5. The first-order valence-corrected chi connectivity index (χ1v) is 7.99. The van der Waals surface area contributed by atoms with Gasteiger partial charge in [-0.15, -0.1) is 0 Å². The van der Waals surface area contributed by atoms with Crippen molar-refractivity contribution in [3.63, 3.8) is 0 Å². The molecule has 1 aromatic carbocycles. The van der Waals surface area contributed by atoms with Crippen LogP contribution in [0.3, 0.4) is 0 Å². The molecule has 3 aliphatic rings.